The molecule has 0 atom stereocenters. The zero-order valence-electron chi connectivity index (χ0n) is 12.5. The van der Waals surface area contributed by atoms with Gasteiger partial charge < -0.3 is 10.6 Å². The molecule has 0 aliphatic heterocycles. The molecular weight excluding hydrogens is 273 g/mol. The number of nitrogens with zero attached hydrogens (tertiary/aromatic N) is 1. The van der Waals surface area contributed by atoms with Crippen LogP contribution < -0.4 is 10.6 Å². The minimum absolute atomic E-state index is 0.112. The summed E-state index contributed by atoms with van der Waals surface area (Å²) in [5, 5.41) is 5.34. The molecule has 116 valence electrons. The highest BCUT2D eigenvalue weighted by atomic mass is 19.1. The van der Waals surface area contributed by atoms with Crippen LogP contribution in [0.25, 0.3) is 0 Å². The summed E-state index contributed by atoms with van der Waals surface area (Å²) in [6.45, 7) is 5.65. The summed E-state index contributed by atoms with van der Waals surface area (Å²) in [5.41, 5.74) is 0.836. The Kier molecular flexibility index (Phi) is 7.39. The molecule has 1 rings (SSSR count). The topological polar surface area (TPSA) is 61.4 Å². The Bertz CT molecular complexity index is 480. The Morgan fingerprint density at radius 2 is 1.95 bits per heavy atom. The van der Waals surface area contributed by atoms with Crippen LogP contribution in [0.1, 0.15) is 19.4 Å². The van der Waals surface area contributed by atoms with E-state index in [1.54, 1.807) is 6.07 Å². The summed E-state index contributed by atoms with van der Waals surface area (Å²) in [5.74, 6) is -0.507. The van der Waals surface area contributed by atoms with E-state index in [-0.39, 0.29) is 24.2 Å². The lowest BCUT2D eigenvalue weighted by Gasteiger charge is -2.20. The van der Waals surface area contributed by atoms with Gasteiger partial charge in [0, 0.05) is 26.6 Å². The second kappa shape index (κ2) is 9.07. The van der Waals surface area contributed by atoms with Crippen molar-refractivity contribution in [3.05, 3.63) is 35.6 Å². The van der Waals surface area contributed by atoms with Gasteiger partial charge in [0.25, 0.3) is 0 Å². The molecule has 0 saturated carbocycles. The number of likely N-dealkylation sites (N-methyl/N-ethyl adjacent to an activating group) is 1. The third kappa shape index (κ3) is 7.41. The van der Waals surface area contributed by atoms with Crippen LogP contribution in [0.15, 0.2) is 24.3 Å². The quantitative estimate of drug-likeness (QED) is 0.701. The molecule has 1 aromatic rings. The lowest BCUT2D eigenvalue weighted by atomic mass is 10.2. The highest BCUT2D eigenvalue weighted by molar-refractivity contribution is 5.78. The van der Waals surface area contributed by atoms with E-state index in [1.165, 1.54) is 19.1 Å². The fourth-order valence-corrected chi connectivity index (χ4v) is 1.87. The van der Waals surface area contributed by atoms with E-state index in [2.05, 4.69) is 10.6 Å². The standard InChI is InChI=1S/C15H22FN3O2/c1-3-19(10-13-5-4-6-14(16)9-13)11-15(21)18-8-7-17-12(2)20/h4-6,9H,3,7-8,10-11H2,1-2H3,(H,17,20)(H,18,21). The van der Waals surface area contributed by atoms with Gasteiger partial charge in [0.05, 0.1) is 6.54 Å². The van der Waals surface area contributed by atoms with Gasteiger partial charge in [-0.25, -0.2) is 4.39 Å². The highest BCUT2D eigenvalue weighted by Gasteiger charge is 2.09. The number of hydrogen-bond donors (Lipinski definition) is 2. The van der Waals surface area contributed by atoms with Gasteiger partial charge in [-0.3, -0.25) is 14.5 Å². The summed E-state index contributed by atoms with van der Waals surface area (Å²) >= 11 is 0. The van der Waals surface area contributed by atoms with Gasteiger partial charge in [0.15, 0.2) is 0 Å². The average Bonchev–Trinajstić information content (AvgIpc) is 2.42. The summed E-state index contributed by atoms with van der Waals surface area (Å²) in [4.78, 5) is 24.4. The van der Waals surface area contributed by atoms with E-state index in [0.717, 1.165) is 5.56 Å². The van der Waals surface area contributed by atoms with Gasteiger partial charge >= 0.3 is 0 Å². The van der Waals surface area contributed by atoms with Crippen LogP contribution in [-0.2, 0) is 16.1 Å². The maximum Gasteiger partial charge on any atom is 0.234 e. The monoisotopic (exact) mass is 295 g/mol. The molecular formula is C15H22FN3O2. The Morgan fingerprint density at radius 3 is 2.57 bits per heavy atom. The van der Waals surface area contributed by atoms with Gasteiger partial charge in [0.1, 0.15) is 5.82 Å². The first-order chi connectivity index (χ1) is 10.0. The van der Waals surface area contributed by atoms with Gasteiger partial charge in [-0.2, -0.15) is 0 Å². The predicted molar refractivity (Wildman–Crippen MR) is 79.0 cm³/mol. The molecule has 0 saturated heterocycles. The number of hydrogen-bond acceptors (Lipinski definition) is 3. The van der Waals surface area contributed by atoms with Crippen molar-refractivity contribution >= 4 is 11.8 Å². The van der Waals surface area contributed by atoms with Crippen molar-refractivity contribution in [2.75, 3.05) is 26.2 Å². The van der Waals surface area contributed by atoms with Crippen LogP contribution in [0.2, 0.25) is 0 Å². The van der Waals surface area contributed by atoms with E-state index in [0.29, 0.717) is 26.2 Å². The first kappa shape index (κ1) is 17.1. The lowest BCUT2D eigenvalue weighted by molar-refractivity contribution is -0.123. The fourth-order valence-electron chi connectivity index (χ4n) is 1.87. The molecule has 0 radical (unpaired) electrons. The summed E-state index contributed by atoms with van der Waals surface area (Å²) in [6, 6.07) is 6.36. The fraction of sp³-hybridized carbons (Fsp3) is 0.467. The molecule has 0 fully saturated rings. The van der Waals surface area contributed by atoms with E-state index in [4.69, 9.17) is 0 Å². The molecule has 0 bridgehead atoms. The van der Waals surface area contributed by atoms with Crippen molar-refractivity contribution in [2.45, 2.75) is 20.4 Å². The maximum absolute atomic E-state index is 13.1. The van der Waals surface area contributed by atoms with Crippen molar-refractivity contribution in [3.8, 4) is 0 Å². The van der Waals surface area contributed by atoms with E-state index in [9.17, 15) is 14.0 Å². The average molecular weight is 295 g/mol. The largest absolute Gasteiger partial charge is 0.355 e. The van der Waals surface area contributed by atoms with Crippen LogP contribution in [0.3, 0.4) is 0 Å². The van der Waals surface area contributed by atoms with Crippen molar-refractivity contribution in [2.24, 2.45) is 0 Å². The van der Waals surface area contributed by atoms with Crippen molar-refractivity contribution in [1.29, 1.82) is 0 Å². The van der Waals surface area contributed by atoms with Gasteiger partial charge in [-0.15, -0.1) is 0 Å². The summed E-state index contributed by atoms with van der Waals surface area (Å²) in [6.07, 6.45) is 0. The smallest absolute Gasteiger partial charge is 0.234 e. The number of carbonyl (C=O) groups excluding carboxylic acids is 2. The van der Waals surface area contributed by atoms with Gasteiger partial charge in [-0.05, 0) is 24.2 Å². The molecule has 0 spiro atoms. The molecule has 0 heterocycles. The molecule has 0 aliphatic carbocycles. The molecule has 0 aliphatic rings. The van der Waals surface area contributed by atoms with Crippen LogP contribution >= 0.6 is 0 Å². The summed E-state index contributed by atoms with van der Waals surface area (Å²) < 4.78 is 13.1. The molecule has 0 aromatic heterocycles. The molecule has 21 heavy (non-hydrogen) atoms. The number of halogens is 1. The molecule has 2 N–H and O–H groups in total. The Labute approximate surface area is 124 Å². The molecule has 2 amide bonds. The molecule has 0 unspecified atom stereocenters. The van der Waals surface area contributed by atoms with Gasteiger partial charge in [-0.1, -0.05) is 19.1 Å². The first-order valence-corrected chi connectivity index (χ1v) is 6.99. The molecule has 6 heteroatoms. The van der Waals surface area contributed by atoms with Gasteiger partial charge in [0.2, 0.25) is 11.8 Å². The van der Waals surface area contributed by atoms with E-state index in [1.807, 2.05) is 17.9 Å². The maximum atomic E-state index is 13.1. The zero-order chi connectivity index (χ0) is 15.7. The molecule has 1 aromatic carbocycles. The number of amides is 2. The predicted octanol–water partition coefficient (Wildman–Crippen LogP) is 0.900. The van der Waals surface area contributed by atoms with Crippen molar-refractivity contribution in [3.63, 3.8) is 0 Å². The second-order valence-electron chi connectivity index (χ2n) is 4.77. The van der Waals surface area contributed by atoms with E-state index >= 15 is 0 Å². The number of benzene rings is 1. The zero-order valence-corrected chi connectivity index (χ0v) is 12.5. The SMILES string of the molecule is CCN(CC(=O)NCCNC(C)=O)Cc1cccc(F)c1. The van der Waals surface area contributed by atoms with Crippen LogP contribution in [-0.4, -0.2) is 42.9 Å². The van der Waals surface area contributed by atoms with Crippen molar-refractivity contribution in [1.82, 2.24) is 15.5 Å². The summed E-state index contributed by atoms with van der Waals surface area (Å²) in [7, 11) is 0. The highest BCUT2D eigenvalue weighted by Crippen LogP contribution is 2.06. The number of carbonyl (C=O) groups is 2. The van der Waals surface area contributed by atoms with E-state index < -0.39 is 0 Å². The van der Waals surface area contributed by atoms with Crippen LogP contribution in [0, 0.1) is 5.82 Å². The number of nitrogens with one attached hydrogen (secondary N) is 2. The number of rotatable bonds is 8. The lowest BCUT2D eigenvalue weighted by Crippen LogP contribution is -2.40. The Hall–Kier alpha value is -1.95. The van der Waals surface area contributed by atoms with Crippen LogP contribution in [0.5, 0.6) is 0 Å². The minimum Gasteiger partial charge on any atom is -0.355 e. The Morgan fingerprint density at radius 1 is 1.24 bits per heavy atom. The van der Waals surface area contributed by atoms with Crippen molar-refractivity contribution < 1.29 is 14.0 Å². The Balaban J connectivity index is 2.36. The second-order valence-corrected chi connectivity index (χ2v) is 4.77. The van der Waals surface area contributed by atoms with Crippen LogP contribution in [0.4, 0.5) is 4.39 Å². The first-order valence-electron chi connectivity index (χ1n) is 6.99. The molecule has 5 nitrogen and oxygen atoms in total. The minimum atomic E-state index is -0.275. The normalized spacial score (nSPS) is 10.5. The third-order valence-corrected chi connectivity index (χ3v) is 2.93. The third-order valence-electron chi connectivity index (χ3n) is 2.93.